The summed E-state index contributed by atoms with van der Waals surface area (Å²) in [7, 11) is 0. The first-order valence-electron chi connectivity index (χ1n) is 6.54. The van der Waals surface area contributed by atoms with Gasteiger partial charge in [0, 0.05) is 17.8 Å². The highest BCUT2D eigenvalue weighted by Crippen LogP contribution is 2.15. The van der Waals surface area contributed by atoms with Crippen molar-refractivity contribution in [2.45, 2.75) is 19.9 Å². The lowest BCUT2D eigenvalue weighted by molar-refractivity contribution is -0.115. The summed E-state index contributed by atoms with van der Waals surface area (Å²) < 4.78 is 5.14. The largest absolute Gasteiger partial charge is 0.475 e. The Morgan fingerprint density at radius 1 is 1.10 bits per heavy atom. The molecule has 1 aromatic carbocycles. The molecule has 0 aliphatic heterocycles. The third-order valence-corrected chi connectivity index (χ3v) is 2.83. The summed E-state index contributed by atoms with van der Waals surface area (Å²) in [5, 5.41) is 14.6. The fraction of sp³-hybridized carbons (Fsp3) is 0.200. The maximum Gasteiger partial charge on any atom is 0.371 e. The number of rotatable bonds is 6. The minimum atomic E-state index is -1.09. The molecule has 0 unspecified atom stereocenters. The molecule has 2 rings (SSSR count). The topological polar surface area (TPSA) is 91.6 Å². The van der Waals surface area contributed by atoms with E-state index in [9.17, 15) is 9.59 Å². The molecule has 1 amide bonds. The normalized spacial score (nSPS) is 10.1. The molecule has 6 heteroatoms. The van der Waals surface area contributed by atoms with Crippen LogP contribution in [0, 0.1) is 0 Å². The maximum atomic E-state index is 11.2. The Bertz CT molecular complexity index is 631. The van der Waals surface area contributed by atoms with Crippen LogP contribution in [0.2, 0.25) is 0 Å². The zero-order chi connectivity index (χ0) is 15.2. The monoisotopic (exact) mass is 288 g/mol. The fourth-order valence-electron chi connectivity index (χ4n) is 1.70. The molecule has 0 aliphatic carbocycles. The van der Waals surface area contributed by atoms with E-state index in [-0.39, 0.29) is 11.7 Å². The van der Waals surface area contributed by atoms with Crippen LogP contribution in [0.5, 0.6) is 0 Å². The summed E-state index contributed by atoms with van der Waals surface area (Å²) in [5.41, 5.74) is 1.58. The number of benzene rings is 1. The molecule has 3 N–H and O–H groups in total. The van der Waals surface area contributed by atoms with Crippen LogP contribution in [0.25, 0.3) is 0 Å². The van der Waals surface area contributed by atoms with Crippen LogP contribution < -0.4 is 10.6 Å². The van der Waals surface area contributed by atoms with Crippen LogP contribution >= 0.6 is 0 Å². The minimum absolute atomic E-state index is 0.0347. The molecule has 1 aromatic heterocycles. The second kappa shape index (κ2) is 6.60. The van der Waals surface area contributed by atoms with Crippen molar-refractivity contribution in [1.82, 2.24) is 0 Å². The Morgan fingerprint density at radius 2 is 1.76 bits per heavy atom. The average molecular weight is 288 g/mol. The number of hydrogen-bond acceptors (Lipinski definition) is 4. The van der Waals surface area contributed by atoms with Crippen LogP contribution in [0.1, 0.15) is 29.7 Å². The van der Waals surface area contributed by atoms with Crippen LogP contribution in [-0.4, -0.2) is 17.0 Å². The highest BCUT2D eigenvalue weighted by atomic mass is 16.4. The molecule has 0 atom stereocenters. The van der Waals surface area contributed by atoms with E-state index in [4.69, 9.17) is 9.52 Å². The van der Waals surface area contributed by atoms with Crippen molar-refractivity contribution in [3.05, 3.63) is 47.9 Å². The van der Waals surface area contributed by atoms with Gasteiger partial charge in [-0.15, -0.1) is 0 Å². The third kappa shape index (κ3) is 4.10. The first-order valence-corrected chi connectivity index (χ1v) is 6.54. The van der Waals surface area contributed by atoms with E-state index in [0.29, 0.717) is 18.7 Å². The minimum Gasteiger partial charge on any atom is -0.475 e. The number of aromatic carboxylic acids is 1. The zero-order valence-corrected chi connectivity index (χ0v) is 11.6. The van der Waals surface area contributed by atoms with Gasteiger partial charge in [0.15, 0.2) is 0 Å². The van der Waals surface area contributed by atoms with Crippen LogP contribution in [0.4, 0.5) is 11.4 Å². The van der Waals surface area contributed by atoms with E-state index in [2.05, 4.69) is 10.6 Å². The number of furan rings is 1. The number of carbonyl (C=O) groups is 2. The lowest BCUT2D eigenvalue weighted by Gasteiger charge is -2.07. The number of carboxylic acids is 1. The predicted molar refractivity (Wildman–Crippen MR) is 78.4 cm³/mol. The molecule has 0 aliphatic rings. The Morgan fingerprint density at radius 3 is 2.33 bits per heavy atom. The smallest absolute Gasteiger partial charge is 0.371 e. The van der Waals surface area contributed by atoms with E-state index in [1.54, 1.807) is 25.1 Å². The molecule has 0 radical (unpaired) electrons. The van der Waals surface area contributed by atoms with E-state index in [1.165, 1.54) is 6.07 Å². The maximum absolute atomic E-state index is 11.2. The van der Waals surface area contributed by atoms with Gasteiger partial charge in [0.2, 0.25) is 11.7 Å². The number of nitrogens with one attached hydrogen (secondary N) is 2. The molecule has 0 saturated carbocycles. The molecule has 6 nitrogen and oxygen atoms in total. The van der Waals surface area contributed by atoms with Gasteiger partial charge in [-0.05, 0) is 36.4 Å². The summed E-state index contributed by atoms with van der Waals surface area (Å²) in [6.45, 7) is 2.17. The molecule has 0 saturated heterocycles. The van der Waals surface area contributed by atoms with Crippen molar-refractivity contribution in [2.75, 3.05) is 10.6 Å². The average Bonchev–Trinajstić information content (AvgIpc) is 2.95. The number of anilines is 2. The number of carbonyl (C=O) groups excluding carboxylic acids is 1. The van der Waals surface area contributed by atoms with E-state index < -0.39 is 5.97 Å². The lowest BCUT2D eigenvalue weighted by Crippen LogP contribution is -2.09. The molecule has 2 aromatic rings. The standard InChI is InChI=1S/C15H16N2O4/c1-2-14(18)17-11-5-3-10(4-6-11)16-9-12-7-8-13(21-12)15(19)20/h3-8,16H,2,9H2,1H3,(H,17,18)(H,19,20). The molecular formula is C15H16N2O4. The van der Waals surface area contributed by atoms with E-state index >= 15 is 0 Å². The van der Waals surface area contributed by atoms with Crippen molar-refractivity contribution in [3.63, 3.8) is 0 Å². The van der Waals surface area contributed by atoms with Gasteiger partial charge in [0.05, 0.1) is 6.54 Å². The highest BCUT2D eigenvalue weighted by Gasteiger charge is 2.08. The SMILES string of the molecule is CCC(=O)Nc1ccc(NCc2ccc(C(=O)O)o2)cc1. The number of hydrogen-bond donors (Lipinski definition) is 3. The molecule has 110 valence electrons. The molecular weight excluding hydrogens is 272 g/mol. The molecule has 1 heterocycles. The Hall–Kier alpha value is -2.76. The van der Waals surface area contributed by atoms with Gasteiger partial charge in [-0.1, -0.05) is 6.92 Å². The summed E-state index contributed by atoms with van der Waals surface area (Å²) in [5.74, 6) is -0.662. The first kappa shape index (κ1) is 14.6. The molecule has 0 fully saturated rings. The first-order chi connectivity index (χ1) is 10.1. The van der Waals surface area contributed by atoms with Crippen molar-refractivity contribution >= 4 is 23.3 Å². The van der Waals surface area contributed by atoms with Gasteiger partial charge in [-0.3, -0.25) is 4.79 Å². The van der Waals surface area contributed by atoms with E-state index in [1.807, 2.05) is 12.1 Å². The fourth-order valence-corrected chi connectivity index (χ4v) is 1.70. The van der Waals surface area contributed by atoms with Crippen molar-refractivity contribution in [3.8, 4) is 0 Å². The second-order valence-corrected chi connectivity index (χ2v) is 4.40. The van der Waals surface area contributed by atoms with Gasteiger partial charge in [0.1, 0.15) is 5.76 Å². The van der Waals surface area contributed by atoms with Crippen molar-refractivity contribution < 1.29 is 19.1 Å². The van der Waals surface area contributed by atoms with Crippen LogP contribution in [-0.2, 0) is 11.3 Å². The molecule has 0 bridgehead atoms. The second-order valence-electron chi connectivity index (χ2n) is 4.40. The van der Waals surface area contributed by atoms with Crippen LogP contribution in [0.3, 0.4) is 0 Å². The summed E-state index contributed by atoms with van der Waals surface area (Å²) in [6.07, 6.45) is 0.435. The van der Waals surface area contributed by atoms with Crippen LogP contribution in [0.15, 0.2) is 40.8 Å². The Labute approximate surface area is 121 Å². The van der Waals surface area contributed by atoms with Gasteiger partial charge in [-0.25, -0.2) is 4.79 Å². The van der Waals surface area contributed by atoms with Gasteiger partial charge < -0.3 is 20.2 Å². The lowest BCUT2D eigenvalue weighted by atomic mass is 10.2. The van der Waals surface area contributed by atoms with Gasteiger partial charge in [0.25, 0.3) is 0 Å². The summed E-state index contributed by atoms with van der Waals surface area (Å²) in [6, 6.07) is 10.3. The number of amides is 1. The molecule has 0 spiro atoms. The summed E-state index contributed by atoms with van der Waals surface area (Å²) in [4.78, 5) is 21.9. The number of carboxylic acid groups (broad SMARTS) is 1. The van der Waals surface area contributed by atoms with Crippen molar-refractivity contribution in [1.29, 1.82) is 0 Å². The Kier molecular flexibility index (Phi) is 4.61. The predicted octanol–water partition coefficient (Wildman–Crippen LogP) is 2.94. The zero-order valence-electron chi connectivity index (χ0n) is 11.6. The van der Waals surface area contributed by atoms with Gasteiger partial charge >= 0.3 is 5.97 Å². The highest BCUT2D eigenvalue weighted by molar-refractivity contribution is 5.90. The molecule has 21 heavy (non-hydrogen) atoms. The van der Waals surface area contributed by atoms with Gasteiger partial charge in [-0.2, -0.15) is 0 Å². The summed E-state index contributed by atoms with van der Waals surface area (Å²) >= 11 is 0. The quantitative estimate of drug-likeness (QED) is 0.760. The Balaban J connectivity index is 1.91. The van der Waals surface area contributed by atoms with E-state index in [0.717, 1.165) is 11.4 Å². The van der Waals surface area contributed by atoms with Crippen molar-refractivity contribution in [2.24, 2.45) is 0 Å². The third-order valence-electron chi connectivity index (χ3n) is 2.83.